The van der Waals surface area contributed by atoms with Crippen molar-refractivity contribution in [3.8, 4) is 5.75 Å². The number of rotatable bonds is 5. The molecule has 26 heavy (non-hydrogen) atoms. The first kappa shape index (κ1) is 19.3. The van der Waals surface area contributed by atoms with Gasteiger partial charge in [0.05, 0.1) is 11.3 Å². The summed E-state index contributed by atoms with van der Waals surface area (Å²) < 4.78 is 44.3. The van der Waals surface area contributed by atoms with E-state index < -0.39 is 30.2 Å². The van der Waals surface area contributed by atoms with Gasteiger partial charge in [-0.1, -0.05) is 6.07 Å². The van der Waals surface area contributed by atoms with Gasteiger partial charge in [-0.2, -0.15) is 18.3 Å². The van der Waals surface area contributed by atoms with Crippen molar-refractivity contribution in [2.24, 2.45) is 0 Å². The van der Waals surface area contributed by atoms with Crippen LogP contribution in [0.2, 0.25) is 0 Å². The van der Waals surface area contributed by atoms with Crippen LogP contribution in [0.3, 0.4) is 0 Å². The summed E-state index contributed by atoms with van der Waals surface area (Å²) in [5.41, 5.74) is 4.96. The van der Waals surface area contributed by atoms with Crippen LogP contribution >= 0.6 is 0 Å². The summed E-state index contributed by atoms with van der Waals surface area (Å²) in [6.07, 6.45) is -4.50. The Labute approximate surface area is 147 Å². The standard InChI is InChI=1S/C16H17F3N4O3/c1-10-6-11(2)23(22-10)8-14(24)20-21-15(25)9-26-13-5-3-4-12(7-13)16(17,18)19/h3-7H,8-9H2,1-2H3,(H,20,24)(H,21,25). The van der Waals surface area contributed by atoms with E-state index in [4.69, 9.17) is 4.74 Å². The number of hydrazine groups is 1. The highest BCUT2D eigenvalue weighted by Crippen LogP contribution is 2.31. The van der Waals surface area contributed by atoms with Crippen LogP contribution in [-0.2, 0) is 22.3 Å². The second kappa shape index (κ2) is 7.89. The number of aromatic nitrogens is 2. The van der Waals surface area contributed by atoms with Crippen molar-refractivity contribution in [2.45, 2.75) is 26.6 Å². The topological polar surface area (TPSA) is 85.2 Å². The lowest BCUT2D eigenvalue weighted by atomic mass is 10.2. The Bertz CT molecular complexity index is 802. The molecule has 140 valence electrons. The molecule has 1 aromatic carbocycles. The van der Waals surface area contributed by atoms with Crippen LogP contribution in [0, 0.1) is 13.8 Å². The fourth-order valence-electron chi connectivity index (χ4n) is 2.10. The van der Waals surface area contributed by atoms with Gasteiger partial charge in [-0.3, -0.25) is 25.1 Å². The van der Waals surface area contributed by atoms with E-state index in [2.05, 4.69) is 16.0 Å². The Morgan fingerprint density at radius 2 is 1.85 bits per heavy atom. The number of ether oxygens (including phenoxy) is 1. The Hall–Kier alpha value is -3.04. The van der Waals surface area contributed by atoms with Gasteiger partial charge in [0.1, 0.15) is 12.3 Å². The molecule has 2 rings (SSSR count). The van der Waals surface area contributed by atoms with Crippen molar-refractivity contribution >= 4 is 11.8 Å². The Kier molecular flexibility index (Phi) is 5.86. The third kappa shape index (κ3) is 5.50. The number of nitrogens with one attached hydrogen (secondary N) is 2. The van der Waals surface area contributed by atoms with Gasteiger partial charge < -0.3 is 4.74 Å². The number of halogens is 3. The Morgan fingerprint density at radius 1 is 1.15 bits per heavy atom. The predicted molar refractivity (Wildman–Crippen MR) is 84.9 cm³/mol. The lowest BCUT2D eigenvalue weighted by Gasteiger charge is -2.11. The van der Waals surface area contributed by atoms with Crippen LogP contribution < -0.4 is 15.6 Å². The van der Waals surface area contributed by atoms with E-state index in [0.717, 1.165) is 23.5 Å². The molecule has 0 spiro atoms. The van der Waals surface area contributed by atoms with Gasteiger partial charge in [-0.25, -0.2) is 0 Å². The van der Waals surface area contributed by atoms with E-state index in [1.165, 1.54) is 16.8 Å². The zero-order chi connectivity index (χ0) is 19.3. The number of hydrogen-bond acceptors (Lipinski definition) is 4. The molecule has 1 heterocycles. The summed E-state index contributed by atoms with van der Waals surface area (Å²) in [6.45, 7) is 2.93. The van der Waals surface area contributed by atoms with Crippen molar-refractivity contribution < 1.29 is 27.5 Å². The zero-order valence-electron chi connectivity index (χ0n) is 14.1. The van der Waals surface area contributed by atoms with Crippen LogP contribution in [0.1, 0.15) is 17.0 Å². The number of amides is 2. The molecule has 0 unspecified atom stereocenters. The van der Waals surface area contributed by atoms with E-state index in [9.17, 15) is 22.8 Å². The third-order valence-electron chi connectivity index (χ3n) is 3.27. The summed E-state index contributed by atoms with van der Waals surface area (Å²) >= 11 is 0. The molecule has 7 nitrogen and oxygen atoms in total. The summed E-state index contributed by atoms with van der Waals surface area (Å²) in [4.78, 5) is 23.4. The lowest BCUT2D eigenvalue weighted by Crippen LogP contribution is -2.45. The molecule has 1 aromatic heterocycles. The molecule has 2 aromatic rings. The second-order valence-electron chi connectivity index (χ2n) is 5.50. The van der Waals surface area contributed by atoms with E-state index in [-0.39, 0.29) is 12.3 Å². The minimum Gasteiger partial charge on any atom is -0.484 e. The quantitative estimate of drug-likeness (QED) is 0.786. The molecule has 0 fully saturated rings. The molecule has 0 bridgehead atoms. The van der Waals surface area contributed by atoms with Crippen molar-refractivity contribution in [1.29, 1.82) is 0 Å². The first-order valence-corrected chi connectivity index (χ1v) is 7.54. The second-order valence-corrected chi connectivity index (χ2v) is 5.50. The van der Waals surface area contributed by atoms with Crippen molar-refractivity contribution in [2.75, 3.05) is 6.61 Å². The maximum absolute atomic E-state index is 12.6. The summed E-state index contributed by atoms with van der Waals surface area (Å²) in [5.74, 6) is -1.34. The third-order valence-corrected chi connectivity index (χ3v) is 3.27. The molecular formula is C16H17F3N4O3. The molecule has 0 saturated carbocycles. The number of benzene rings is 1. The zero-order valence-corrected chi connectivity index (χ0v) is 14.1. The van der Waals surface area contributed by atoms with Crippen LogP contribution in [-0.4, -0.2) is 28.2 Å². The average molecular weight is 370 g/mol. The summed E-state index contributed by atoms with van der Waals surface area (Å²) in [5, 5.41) is 4.11. The maximum atomic E-state index is 12.6. The largest absolute Gasteiger partial charge is 0.484 e. The van der Waals surface area contributed by atoms with Gasteiger partial charge >= 0.3 is 6.18 Å². The molecule has 0 aliphatic carbocycles. The monoisotopic (exact) mass is 370 g/mol. The first-order chi connectivity index (χ1) is 12.1. The number of carbonyl (C=O) groups is 2. The van der Waals surface area contributed by atoms with Crippen LogP contribution in [0.15, 0.2) is 30.3 Å². The van der Waals surface area contributed by atoms with Gasteiger partial charge in [0.25, 0.3) is 11.8 Å². The van der Waals surface area contributed by atoms with Gasteiger partial charge in [0.2, 0.25) is 0 Å². The van der Waals surface area contributed by atoms with Gasteiger partial charge in [-0.15, -0.1) is 0 Å². The van der Waals surface area contributed by atoms with E-state index >= 15 is 0 Å². The van der Waals surface area contributed by atoms with Crippen LogP contribution in [0.4, 0.5) is 13.2 Å². The predicted octanol–water partition coefficient (Wildman–Crippen LogP) is 1.75. The number of nitrogens with zero attached hydrogens (tertiary/aromatic N) is 2. The smallest absolute Gasteiger partial charge is 0.416 e. The van der Waals surface area contributed by atoms with Gasteiger partial charge in [-0.05, 0) is 38.1 Å². The molecule has 0 radical (unpaired) electrons. The SMILES string of the molecule is Cc1cc(C)n(CC(=O)NNC(=O)COc2cccc(C(F)(F)F)c2)n1. The average Bonchev–Trinajstić information content (AvgIpc) is 2.88. The van der Waals surface area contributed by atoms with Crippen molar-refractivity contribution in [3.05, 3.63) is 47.3 Å². The highest BCUT2D eigenvalue weighted by molar-refractivity contribution is 5.82. The normalized spacial score (nSPS) is 11.1. The highest BCUT2D eigenvalue weighted by Gasteiger charge is 2.30. The number of alkyl halides is 3. The lowest BCUT2D eigenvalue weighted by molar-refractivity contribution is -0.137. The molecule has 0 saturated heterocycles. The number of carbonyl (C=O) groups excluding carboxylic acids is 2. The fourth-order valence-corrected chi connectivity index (χ4v) is 2.10. The van der Waals surface area contributed by atoms with Gasteiger partial charge in [0.15, 0.2) is 6.61 Å². The molecule has 0 aliphatic rings. The van der Waals surface area contributed by atoms with Crippen LogP contribution in [0.25, 0.3) is 0 Å². The number of aryl methyl sites for hydroxylation is 2. The van der Waals surface area contributed by atoms with Crippen molar-refractivity contribution in [3.63, 3.8) is 0 Å². The van der Waals surface area contributed by atoms with Gasteiger partial charge in [0, 0.05) is 5.69 Å². The minimum atomic E-state index is -4.50. The Balaban J connectivity index is 1.78. The van der Waals surface area contributed by atoms with E-state index in [1.54, 1.807) is 19.9 Å². The van der Waals surface area contributed by atoms with E-state index in [1.807, 2.05) is 0 Å². The first-order valence-electron chi connectivity index (χ1n) is 7.54. The molecule has 2 N–H and O–H groups in total. The molecule has 0 atom stereocenters. The summed E-state index contributed by atoms with van der Waals surface area (Å²) in [6, 6.07) is 5.95. The van der Waals surface area contributed by atoms with E-state index in [0.29, 0.717) is 0 Å². The van der Waals surface area contributed by atoms with Crippen LogP contribution in [0.5, 0.6) is 5.75 Å². The minimum absolute atomic E-state index is 0.0889. The van der Waals surface area contributed by atoms with Crippen molar-refractivity contribution in [1.82, 2.24) is 20.6 Å². The summed E-state index contributed by atoms with van der Waals surface area (Å²) in [7, 11) is 0. The molecule has 2 amide bonds. The molecular weight excluding hydrogens is 353 g/mol. The molecule has 10 heteroatoms. The molecule has 0 aliphatic heterocycles. The number of hydrogen-bond donors (Lipinski definition) is 2. The Morgan fingerprint density at radius 3 is 2.46 bits per heavy atom. The highest BCUT2D eigenvalue weighted by atomic mass is 19.4. The fraction of sp³-hybridized carbons (Fsp3) is 0.312. The maximum Gasteiger partial charge on any atom is 0.416 e.